The van der Waals surface area contributed by atoms with Crippen molar-refractivity contribution in [1.82, 2.24) is 4.57 Å². The molecule has 3 aromatic carbocycles. The predicted octanol–water partition coefficient (Wildman–Crippen LogP) is 5.84. The summed E-state index contributed by atoms with van der Waals surface area (Å²) in [5, 5.41) is 1.62. The van der Waals surface area contributed by atoms with E-state index in [4.69, 9.17) is 16.3 Å². The van der Waals surface area contributed by atoms with E-state index < -0.39 is 0 Å². The van der Waals surface area contributed by atoms with Crippen molar-refractivity contribution < 1.29 is 9.53 Å². The maximum absolute atomic E-state index is 13.2. The van der Waals surface area contributed by atoms with Gasteiger partial charge in [0.1, 0.15) is 12.4 Å². The quantitative estimate of drug-likeness (QED) is 0.388. The third kappa shape index (κ3) is 3.67. The minimum Gasteiger partial charge on any atom is -0.487 e. The van der Waals surface area contributed by atoms with E-state index in [9.17, 15) is 4.79 Å². The molecule has 4 rings (SSSR count). The highest BCUT2D eigenvalue weighted by molar-refractivity contribution is 6.30. The number of benzene rings is 3. The number of carbonyl (C=O) groups excluding carboxylic acids is 1. The molecule has 1 heterocycles. The number of aryl methyl sites for hydroxylation is 1. The molecule has 0 aliphatic carbocycles. The van der Waals surface area contributed by atoms with E-state index in [1.807, 2.05) is 78.3 Å². The largest absolute Gasteiger partial charge is 0.487 e. The van der Waals surface area contributed by atoms with Crippen LogP contribution in [-0.4, -0.2) is 10.4 Å². The van der Waals surface area contributed by atoms with Crippen molar-refractivity contribution in [2.75, 3.05) is 0 Å². The van der Waals surface area contributed by atoms with Crippen LogP contribution in [0.5, 0.6) is 5.75 Å². The topological polar surface area (TPSA) is 31.2 Å². The fourth-order valence-electron chi connectivity index (χ4n) is 3.48. The monoisotopic (exact) mass is 389 g/mol. The zero-order chi connectivity index (χ0) is 19.5. The molecule has 0 saturated heterocycles. The van der Waals surface area contributed by atoms with E-state index in [0.29, 0.717) is 18.1 Å². The summed E-state index contributed by atoms with van der Waals surface area (Å²) in [6, 6.07) is 25.0. The average Bonchev–Trinajstić information content (AvgIpc) is 3.00. The fraction of sp³-hybridized carbons (Fsp3) is 0.125. The van der Waals surface area contributed by atoms with Crippen molar-refractivity contribution in [1.29, 1.82) is 0 Å². The van der Waals surface area contributed by atoms with E-state index in [1.165, 1.54) is 0 Å². The summed E-state index contributed by atoms with van der Waals surface area (Å²) < 4.78 is 8.01. The van der Waals surface area contributed by atoms with Crippen LogP contribution in [0.4, 0.5) is 0 Å². The molecule has 0 atom stereocenters. The molecular formula is C24H20ClNO2. The van der Waals surface area contributed by atoms with Gasteiger partial charge in [0, 0.05) is 29.4 Å². The summed E-state index contributed by atoms with van der Waals surface area (Å²) in [6.45, 7) is 0.308. The van der Waals surface area contributed by atoms with Crippen LogP contribution < -0.4 is 4.74 Å². The van der Waals surface area contributed by atoms with Gasteiger partial charge in [0.25, 0.3) is 0 Å². The van der Waals surface area contributed by atoms with E-state index in [2.05, 4.69) is 0 Å². The Labute approximate surface area is 169 Å². The lowest BCUT2D eigenvalue weighted by molar-refractivity contribution is 0.0991. The molecule has 0 fully saturated rings. The number of hydrogen-bond acceptors (Lipinski definition) is 2. The first-order valence-corrected chi connectivity index (χ1v) is 9.53. The molecule has 140 valence electrons. The first-order chi connectivity index (χ1) is 13.6. The zero-order valence-corrected chi connectivity index (χ0v) is 16.3. The first-order valence-electron chi connectivity index (χ1n) is 9.15. The molecule has 1 aromatic heterocycles. The van der Waals surface area contributed by atoms with Gasteiger partial charge >= 0.3 is 0 Å². The van der Waals surface area contributed by atoms with Gasteiger partial charge in [0.05, 0.1) is 11.3 Å². The minimum absolute atomic E-state index is 0.0951. The summed E-state index contributed by atoms with van der Waals surface area (Å²) in [5.74, 6) is 0.814. The number of ether oxygens (including phenoxy) is 1. The molecule has 0 unspecified atom stereocenters. The lowest BCUT2D eigenvalue weighted by Crippen LogP contribution is -2.10. The Morgan fingerprint density at radius 2 is 1.61 bits per heavy atom. The van der Waals surface area contributed by atoms with Crippen molar-refractivity contribution in [2.45, 2.75) is 13.0 Å². The molecule has 4 heteroatoms. The molecule has 0 aliphatic heterocycles. The van der Waals surface area contributed by atoms with Gasteiger partial charge in [-0.05, 0) is 35.9 Å². The summed E-state index contributed by atoms with van der Waals surface area (Å²) in [4.78, 5) is 13.2. The number of rotatable bonds is 6. The van der Waals surface area contributed by atoms with E-state index in [1.54, 1.807) is 12.1 Å². The second kappa shape index (κ2) is 7.91. The van der Waals surface area contributed by atoms with Gasteiger partial charge < -0.3 is 9.30 Å². The summed E-state index contributed by atoms with van der Waals surface area (Å²) in [5.41, 5.74) is 3.63. The van der Waals surface area contributed by atoms with Crippen molar-refractivity contribution in [2.24, 2.45) is 7.05 Å². The number of para-hydroxylation sites is 1. The minimum atomic E-state index is 0.0951. The Bertz CT molecular complexity index is 1110. The van der Waals surface area contributed by atoms with Gasteiger partial charge in [0.15, 0.2) is 5.78 Å². The second-order valence-electron chi connectivity index (χ2n) is 6.73. The summed E-state index contributed by atoms with van der Waals surface area (Å²) in [6.07, 6.45) is 0.364. The molecule has 0 saturated carbocycles. The Kier molecular flexibility index (Phi) is 5.18. The van der Waals surface area contributed by atoms with Crippen molar-refractivity contribution >= 4 is 28.3 Å². The van der Waals surface area contributed by atoms with Crippen LogP contribution in [-0.2, 0) is 20.1 Å². The molecule has 0 amide bonds. The molecule has 28 heavy (non-hydrogen) atoms. The standard InChI is InChI=1S/C24H20ClNO2/c1-26-21-10-6-5-9-20(21)24(23(27)15-17-7-3-2-4-8-17)22(26)16-28-19-13-11-18(25)12-14-19/h2-14H,15-16H2,1H3. The molecule has 0 N–H and O–H groups in total. The van der Waals surface area contributed by atoms with E-state index in [-0.39, 0.29) is 5.78 Å². The SMILES string of the molecule is Cn1c(COc2ccc(Cl)cc2)c(C(=O)Cc2ccccc2)c2ccccc21. The van der Waals surface area contributed by atoms with Gasteiger partial charge in [-0.25, -0.2) is 0 Å². The van der Waals surface area contributed by atoms with Gasteiger partial charge in [-0.1, -0.05) is 60.1 Å². The van der Waals surface area contributed by atoms with Crippen LogP contribution in [0.3, 0.4) is 0 Å². The maximum atomic E-state index is 13.2. The highest BCUT2D eigenvalue weighted by atomic mass is 35.5. The number of halogens is 1. The zero-order valence-electron chi connectivity index (χ0n) is 15.6. The third-order valence-electron chi connectivity index (χ3n) is 4.90. The molecule has 0 bridgehead atoms. The van der Waals surface area contributed by atoms with Crippen LogP contribution in [0, 0.1) is 0 Å². The number of aromatic nitrogens is 1. The van der Waals surface area contributed by atoms with Gasteiger partial charge in [-0.15, -0.1) is 0 Å². The highest BCUT2D eigenvalue weighted by Crippen LogP contribution is 2.28. The Balaban J connectivity index is 1.70. The van der Waals surface area contributed by atoms with Crippen LogP contribution in [0.2, 0.25) is 5.02 Å². The Morgan fingerprint density at radius 1 is 0.929 bits per heavy atom. The normalized spacial score (nSPS) is 10.9. The lowest BCUT2D eigenvalue weighted by atomic mass is 10.0. The lowest BCUT2D eigenvalue weighted by Gasteiger charge is -2.10. The van der Waals surface area contributed by atoms with Crippen LogP contribution in [0.25, 0.3) is 10.9 Å². The van der Waals surface area contributed by atoms with Crippen LogP contribution >= 0.6 is 11.6 Å². The van der Waals surface area contributed by atoms with Crippen LogP contribution in [0.15, 0.2) is 78.9 Å². The molecule has 3 nitrogen and oxygen atoms in total. The predicted molar refractivity (Wildman–Crippen MR) is 113 cm³/mol. The Hall–Kier alpha value is -3.04. The smallest absolute Gasteiger partial charge is 0.169 e. The number of fused-ring (bicyclic) bond motifs is 1. The molecule has 4 aromatic rings. The number of hydrogen-bond donors (Lipinski definition) is 0. The molecule has 0 aliphatic rings. The van der Waals surface area contributed by atoms with Crippen molar-refractivity contribution in [3.8, 4) is 5.75 Å². The van der Waals surface area contributed by atoms with E-state index >= 15 is 0 Å². The summed E-state index contributed by atoms with van der Waals surface area (Å²) in [7, 11) is 1.97. The molecule has 0 radical (unpaired) electrons. The first kappa shape index (κ1) is 18.3. The van der Waals surface area contributed by atoms with Crippen molar-refractivity contribution in [3.05, 3.63) is 101 Å². The van der Waals surface area contributed by atoms with Crippen molar-refractivity contribution in [3.63, 3.8) is 0 Å². The van der Waals surface area contributed by atoms with E-state index in [0.717, 1.165) is 33.5 Å². The van der Waals surface area contributed by atoms with Gasteiger partial charge in [0.2, 0.25) is 0 Å². The fourth-order valence-corrected chi connectivity index (χ4v) is 3.60. The number of carbonyl (C=O) groups is 1. The number of Topliss-reactive ketones (excluding diaryl/α,β-unsaturated/α-hetero) is 1. The Morgan fingerprint density at radius 3 is 2.36 bits per heavy atom. The maximum Gasteiger partial charge on any atom is 0.169 e. The molecular weight excluding hydrogens is 370 g/mol. The number of nitrogens with zero attached hydrogens (tertiary/aromatic N) is 1. The average molecular weight is 390 g/mol. The number of ketones is 1. The second-order valence-corrected chi connectivity index (χ2v) is 7.16. The third-order valence-corrected chi connectivity index (χ3v) is 5.16. The molecule has 0 spiro atoms. The highest BCUT2D eigenvalue weighted by Gasteiger charge is 2.21. The van der Waals surface area contributed by atoms with Gasteiger partial charge in [-0.3, -0.25) is 4.79 Å². The van der Waals surface area contributed by atoms with Crippen LogP contribution in [0.1, 0.15) is 21.6 Å². The van der Waals surface area contributed by atoms with Gasteiger partial charge in [-0.2, -0.15) is 0 Å². The summed E-state index contributed by atoms with van der Waals surface area (Å²) >= 11 is 5.95.